The van der Waals surface area contributed by atoms with Crippen LogP contribution in [0.5, 0.6) is 0 Å². The third-order valence-corrected chi connectivity index (χ3v) is 4.99. The Bertz CT molecular complexity index is 513. The highest BCUT2D eigenvalue weighted by Gasteiger charge is 2.22. The summed E-state index contributed by atoms with van der Waals surface area (Å²) in [6, 6.07) is 8.84. The molecule has 0 amide bonds. The summed E-state index contributed by atoms with van der Waals surface area (Å²) in [7, 11) is 0. The van der Waals surface area contributed by atoms with E-state index in [1.165, 1.54) is 9.71 Å². The quantitative estimate of drug-likeness (QED) is 0.936. The zero-order valence-corrected chi connectivity index (χ0v) is 12.1. The zero-order chi connectivity index (χ0) is 13.2. The first-order valence-electron chi connectivity index (χ1n) is 6.99. The number of aliphatic hydroxyl groups excluding tert-OH is 1. The molecule has 2 heterocycles. The lowest BCUT2D eigenvalue weighted by Crippen LogP contribution is -2.42. The van der Waals surface area contributed by atoms with E-state index in [0.717, 1.165) is 37.9 Å². The van der Waals surface area contributed by atoms with Crippen LogP contribution in [0, 0.1) is 0 Å². The highest BCUT2D eigenvalue weighted by Crippen LogP contribution is 2.24. The molecule has 19 heavy (non-hydrogen) atoms. The maximum atomic E-state index is 9.56. The van der Waals surface area contributed by atoms with Gasteiger partial charge in [0.25, 0.3) is 0 Å². The highest BCUT2D eigenvalue weighted by molar-refractivity contribution is 7.18. The van der Waals surface area contributed by atoms with Gasteiger partial charge in [-0.1, -0.05) is 12.1 Å². The van der Waals surface area contributed by atoms with Gasteiger partial charge in [0.1, 0.15) is 0 Å². The number of aliphatic hydroxyl groups is 1. The van der Waals surface area contributed by atoms with Crippen LogP contribution in [-0.2, 0) is 6.42 Å². The number of thiazole rings is 1. The standard InChI is InChI=1S/C15H20N2OS/c1-11(17-8-6-12(18)7-9-17)10-15-16-13-4-2-3-5-14(13)19-15/h2-5,11-12,18H,6-10H2,1H3. The van der Waals surface area contributed by atoms with Crippen molar-refractivity contribution in [2.75, 3.05) is 13.1 Å². The molecule has 0 aliphatic carbocycles. The molecule has 1 N–H and O–H groups in total. The lowest BCUT2D eigenvalue weighted by Gasteiger charge is -2.34. The van der Waals surface area contributed by atoms with Gasteiger partial charge in [-0.2, -0.15) is 0 Å². The van der Waals surface area contributed by atoms with Crippen molar-refractivity contribution in [2.24, 2.45) is 0 Å². The van der Waals surface area contributed by atoms with Crippen LogP contribution in [0.3, 0.4) is 0 Å². The van der Waals surface area contributed by atoms with E-state index in [9.17, 15) is 5.11 Å². The molecule has 1 aliphatic heterocycles. The van der Waals surface area contributed by atoms with Gasteiger partial charge in [-0.15, -0.1) is 11.3 Å². The van der Waals surface area contributed by atoms with Crippen molar-refractivity contribution in [3.63, 3.8) is 0 Å². The molecule has 1 aromatic carbocycles. The fraction of sp³-hybridized carbons (Fsp3) is 0.533. The number of hydrogen-bond donors (Lipinski definition) is 1. The Balaban J connectivity index is 1.67. The fourth-order valence-corrected chi connectivity index (χ4v) is 3.80. The van der Waals surface area contributed by atoms with Gasteiger partial charge in [0.05, 0.1) is 21.3 Å². The molecule has 1 atom stereocenters. The number of nitrogens with zero attached hydrogens (tertiary/aromatic N) is 2. The molecular formula is C15H20N2OS. The molecule has 0 bridgehead atoms. The smallest absolute Gasteiger partial charge is 0.0954 e. The van der Waals surface area contributed by atoms with Gasteiger partial charge >= 0.3 is 0 Å². The van der Waals surface area contributed by atoms with Crippen LogP contribution in [-0.4, -0.2) is 40.2 Å². The number of rotatable bonds is 3. The normalized spacial score (nSPS) is 19.9. The molecule has 3 nitrogen and oxygen atoms in total. The van der Waals surface area contributed by atoms with Crippen LogP contribution < -0.4 is 0 Å². The Morgan fingerprint density at radius 2 is 2.11 bits per heavy atom. The van der Waals surface area contributed by atoms with E-state index in [1.54, 1.807) is 11.3 Å². The Morgan fingerprint density at radius 3 is 2.84 bits per heavy atom. The number of hydrogen-bond acceptors (Lipinski definition) is 4. The summed E-state index contributed by atoms with van der Waals surface area (Å²) in [5.41, 5.74) is 1.11. The van der Waals surface area contributed by atoms with Crippen LogP contribution in [0.2, 0.25) is 0 Å². The third-order valence-electron chi connectivity index (χ3n) is 3.93. The summed E-state index contributed by atoms with van der Waals surface area (Å²) in [6.45, 7) is 4.28. The minimum absolute atomic E-state index is 0.0918. The van der Waals surface area contributed by atoms with Gasteiger partial charge in [-0.05, 0) is 31.9 Å². The van der Waals surface area contributed by atoms with E-state index in [-0.39, 0.29) is 6.10 Å². The number of fused-ring (bicyclic) bond motifs is 1. The van der Waals surface area contributed by atoms with E-state index >= 15 is 0 Å². The Labute approximate surface area is 117 Å². The number of benzene rings is 1. The molecule has 1 aliphatic rings. The van der Waals surface area contributed by atoms with Gasteiger partial charge in [-0.3, -0.25) is 0 Å². The first kappa shape index (κ1) is 13.0. The van der Waals surface area contributed by atoms with Crippen molar-refractivity contribution in [1.29, 1.82) is 0 Å². The lowest BCUT2D eigenvalue weighted by atomic mass is 10.1. The Hall–Kier alpha value is -0.970. The van der Waals surface area contributed by atoms with Crippen molar-refractivity contribution >= 4 is 21.6 Å². The minimum Gasteiger partial charge on any atom is -0.393 e. The second-order valence-electron chi connectivity index (χ2n) is 5.40. The third kappa shape index (κ3) is 2.96. The molecule has 1 fully saturated rings. The maximum absolute atomic E-state index is 9.56. The largest absolute Gasteiger partial charge is 0.393 e. The van der Waals surface area contributed by atoms with Gasteiger partial charge in [-0.25, -0.2) is 4.98 Å². The first-order chi connectivity index (χ1) is 9.22. The lowest BCUT2D eigenvalue weighted by molar-refractivity contribution is 0.0648. The van der Waals surface area contributed by atoms with Crippen LogP contribution in [0.1, 0.15) is 24.8 Å². The average Bonchev–Trinajstić information content (AvgIpc) is 2.81. The highest BCUT2D eigenvalue weighted by atomic mass is 32.1. The van der Waals surface area contributed by atoms with Crippen molar-refractivity contribution in [2.45, 2.75) is 38.3 Å². The van der Waals surface area contributed by atoms with E-state index in [1.807, 2.05) is 6.07 Å². The van der Waals surface area contributed by atoms with E-state index in [4.69, 9.17) is 4.98 Å². The van der Waals surface area contributed by atoms with Crippen LogP contribution in [0.25, 0.3) is 10.2 Å². The minimum atomic E-state index is -0.0918. The van der Waals surface area contributed by atoms with Gasteiger partial charge < -0.3 is 10.0 Å². The van der Waals surface area contributed by atoms with Crippen molar-refractivity contribution in [3.05, 3.63) is 29.3 Å². The van der Waals surface area contributed by atoms with E-state index in [2.05, 4.69) is 30.0 Å². The molecule has 4 heteroatoms. The summed E-state index contributed by atoms with van der Waals surface area (Å²) < 4.78 is 1.28. The summed E-state index contributed by atoms with van der Waals surface area (Å²) in [6.07, 6.45) is 2.73. The molecular weight excluding hydrogens is 256 g/mol. The number of aromatic nitrogens is 1. The fourth-order valence-electron chi connectivity index (χ4n) is 2.72. The van der Waals surface area contributed by atoms with Crippen molar-refractivity contribution < 1.29 is 5.11 Å². The SMILES string of the molecule is CC(Cc1nc2ccccc2s1)N1CCC(O)CC1. The zero-order valence-electron chi connectivity index (χ0n) is 11.2. The van der Waals surface area contributed by atoms with Gasteiger partial charge in [0, 0.05) is 25.6 Å². The number of piperidine rings is 1. The molecule has 0 saturated carbocycles. The van der Waals surface area contributed by atoms with Gasteiger partial charge in [0.2, 0.25) is 0 Å². The topological polar surface area (TPSA) is 36.4 Å². The monoisotopic (exact) mass is 276 g/mol. The average molecular weight is 276 g/mol. The second kappa shape index (κ2) is 5.57. The van der Waals surface area contributed by atoms with Gasteiger partial charge in [0.15, 0.2) is 0 Å². The first-order valence-corrected chi connectivity index (χ1v) is 7.80. The summed E-state index contributed by atoms with van der Waals surface area (Å²) in [4.78, 5) is 7.18. The summed E-state index contributed by atoms with van der Waals surface area (Å²) in [5, 5.41) is 10.8. The predicted molar refractivity (Wildman–Crippen MR) is 79.6 cm³/mol. The Kier molecular flexibility index (Phi) is 3.82. The van der Waals surface area contributed by atoms with Crippen LogP contribution in [0.15, 0.2) is 24.3 Å². The molecule has 1 saturated heterocycles. The molecule has 1 aromatic heterocycles. The number of likely N-dealkylation sites (tertiary alicyclic amines) is 1. The predicted octanol–water partition coefficient (Wildman–Crippen LogP) is 2.68. The van der Waals surface area contributed by atoms with E-state index in [0.29, 0.717) is 6.04 Å². The molecule has 0 spiro atoms. The number of para-hydroxylation sites is 1. The Morgan fingerprint density at radius 1 is 1.37 bits per heavy atom. The van der Waals surface area contributed by atoms with E-state index < -0.39 is 0 Å². The molecule has 3 rings (SSSR count). The summed E-state index contributed by atoms with van der Waals surface area (Å²) >= 11 is 1.80. The van der Waals surface area contributed by atoms with Crippen molar-refractivity contribution in [1.82, 2.24) is 9.88 Å². The summed E-state index contributed by atoms with van der Waals surface area (Å²) in [5.74, 6) is 0. The van der Waals surface area contributed by atoms with Crippen molar-refractivity contribution in [3.8, 4) is 0 Å². The maximum Gasteiger partial charge on any atom is 0.0954 e. The second-order valence-corrected chi connectivity index (χ2v) is 6.51. The van der Waals surface area contributed by atoms with Crippen LogP contribution >= 0.6 is 11.3 Å². The van der Waals surface area contributed by atoms with Crippen LogP contribution in [0.4, 0.5) is 0 Å². The molecule has 0 radical (unpaired) electrons. The molecule has 2 aromatic rings. The molecule has 1 unspecified atom stereocenters. The molecule has 102 valence electrons.